The van der Waals surface area contributed by atoms with Crippen LogP contribution >= 0.6 is 0 Å². The molecule has 0 saturated carbocycles. The van der Waals surface area contributed by atoms with Crippen LogP contribution in [0.15, 0.2) is 0 Å². The molecule has 0 aromatic rings. The number of carboxylic acid groups (broad SMARTS) is 1. The maximum atomic E-state index is 11.6. The van der Waals surface area contributed by atoms with Gasteiger partial charge in [0.05, 0.1) is 11.5 Å². The SMILES string of the molecule is CCNC(C)(CC(C)N1CCCS(=O)(=O)CC1)C(=O)O. The van der Waals surface area contributed by atoms with Gasteiger partial charge in [-0.2, -0.15) is 0 Å². The molecule has 2 atom stereocenters. The van der Waals surface area contributed by atoms with Crippen LogP contribution in [0.1, 0.15) is 33.6 Å². The van der Waals surface area contributed by atoms with Gasteiger partial charge in [-0.15, -0.1) is 0 Å². The molecule has 1 rings (SSSR count). The molecule has 0 radical (unpaired) electrons. The molecule has 2 unspecified atom stereocenters. The Kier molecular flexibility index (Phi) is 5.97. The smallest absolute Gasteiger partial charge is 0.323 e. The largest absolute Gasteiger partial charge is 0.480 e. The van der Waals surface area contributed by atoms with E-state index in [2.05, 4.69) is 10.2 Å². The van der Waals surface area contributed by atoms with Crippen molar-refractivity contribution in [2.45, 2.75) is 45.2 Å². The zero-order chi connectivity index (χ0) is 15.4. The number of carboxylic acids is 1. The minimum absolute atomic E-state index is 0.0310. The first-order valence-corrected chi connectivity index (χ1v) is 8.95. The molecule has 0 bridgehead atoms. The van der Waals surface area contributed by atoms with Crippen molar-refractivity contribution >= 4 is 15.8 Å². The van der Waals surface area contributed by atoms with Crippen molar-refractivity contribution in [3.8, 4) is 0 Å². The second-order valence-electron chi connectivity index (χ2n) is 5.76. The van der Waals surface area contributed by atoms with Crippen LogP contribution < -0.4 is 5.32 Å². The van der Waals surface area contributed by atoms with E-state index in [4.69, 9.17) is 0 Å². The molecule has 1 heterocycles. The van der Waals surface area contributed by atoms with Gasteiger partial charge < -0.3 is 10.4 Å². The zero-order valence-electron chi connectivity index (χ0n) is 12.6. The van der Waals surface area contributed by atoms with Crippen molar-refractivity contribution in [2.75, 3.05) is 31.1 Å². The number of aliphatic carboxylic acids is 1. The van der Waals surface area contributed by atoms with E-state index in [9.17, 15) is 18.3 Å². The number of nitrogens with one attached hydrogen (secondary N) is 1. The van der Waals surface area contributed by atoms with Crippen molar-refractivity contribution < 1.29 is 18.3 Å². The maximum Gasteiger partial charge on any atom is 0.323 e. The summed E-state index contributed by atoms with van der Waals surface area (Å²) >= 11 is 0. The summed E-state index contributed by atoms with van der Waals surface area (Å²) in [6, 6.07) is 0.0310. The summed E-state index contributed by atoms with van der Waals surface area (Å²) in [5.41, 5.74) is -0.973. The van der Waals surface area contributed by atoms with Crippen molar-refractivity contribution in [2.24, 2.45) is 0 Å². The fourth-order valence-corrected chi connectivity index (χ4v) is 4.03. The average Bonchev–Trinajstić information content (AvgIpc) is 2.50. The molecule has 0 aromatic carbocycles. The summed E-state index contributed by atoms with van der Waals surface area (Å²) < 4.78 is 23.2. The number of carbonyl (C=O) groups is 1. The molecular formula is C13H26N2O4S. The lowest BCUT2D eigenvalue weighted by atomic mass is 9.92. The lowest BCUT2D eigenvalue weighted by Gasteiger charge is -2.34. The molecule has 1 fully saturated rings. The molecule has 7 heteroatoms. The molecule has 0 amide bonds. The van der Waals surface area contributed by atoms with Gasteiger partial charge in [0.1, 0.15) is 5.54 Å². The molecule has 6 nitrogen and oxygen atoms in total. The normalized spacial score (nSPS) is 24.6. The highest BCUT2D eigenvalue weighted by atomic mass is 32.2. The lowest BCUT2D eigenvalue weighted by Crippen LogP contribution is -2.53. The lowest BCUT2D eigenvalue weighted by molar-refractivity contribution is -0.145. The standard InChI is InChI=1S/C13H26N2O4S/c1-4-14-13(3,12(16)17)10-11(2)15-6-5-8-20(18,19)9-7-15/h11,14H,4-10H2,1-3H3,(H,16,17). The van der Waals surface area contributed by atoms with E-state index in [0.717, 1.165) is 0 Å². The molecule has 1 aliphatic rings. The number of likely N-dealkylation sites (N-methyl/N-ethyl adjacent to an activating group) is 1. The van der Waals surface area contributed by atoms with E-state index in [1.165, 1.54) is 0 Å². The fourth-order valence-electron chi connectivity index (χ4n) is 2.74. The van der Waals surface area contributed by atoms with Crippen molar-refractivity contribution in [1.29, 1.82) is 0 Å². The highest BCUT2D eigenvalue weighted by molar-refractivity contribution is 7.91. The Bertz CT molecular complexity index is 438. The third kappa shape index (κ3) is 4.71. The van der Waals surface area contributed by atoms with Crippen LogP contribution in [0.4, 0.5) is 0 Å². The Balaban J connectivity index is 2.69. The van der Waals surface area contributed by atoms with Gasteiger partial charge in [-0.1, -0.05) is 6.92 Å². The molecule has 20 heavy (non-hydrogen) atoms. The van der Waals surface area contributed by atoms with Crippen LogP contribution in [-0.4, -0.2) is 67.1 Å². The third-order valence-electron chi connectivity index (χ3n) is 3.96. The predicted molar refractivity (Wildman–Crippen MR) is 78.6 cm³/mol. The van der Waals surface area contributed by atoms with Crippen LogP contribution in [-0.2, 0) is 14.6 Å². The monoisotopic (exact) mass is 306 g/mol. The van der Waals surface area contributed by atoms with Crippen LogP contribution in [0.2, 0.25) is 0 Å². The summed E-state index contributed by atoms with van der Waals surface area (Å²) in [5, 5.41) is 12.4. The summed E-state index contributed by atoms with van der Waals surface area (Å²) in [6.07, 6.45) is 1.08. The molecule has 118 valence electrons. The Labute approximate surface area is 121 Å². The number of hydrogen-bond donors (Lipinski definition) is 2. The Morgan fingerprint density at radius 2 is 2.05 bits per heavy atom. The van der Waals surface area contributed by atoms with Gasteiger partial charge in [-0.3, -0.25) is 9.69 Å². The van der Waals surface area contributed by atoms with E-state index in [0.29, 0.717) is 32.5 Å². The number of hydrogen-bond acceptors (Lipinski definition) is 5. The first kappa shape index (κ1) is 17.4. The average molecular weight is 306 g/mol. The van der Waals surface area contributed by atoms with Crippen LogP contribution in [0.5, 0.6) is 0 Å². The van der Waals surface area contributed by atoms with Gasteiger partial charge in [-0.25, -0.2) is 8.42 Å². The summed E-state index contributed by atoms with van der Waals surface area (Å²) in [6.45, 7) is 7.32. The van der Waals surface area contributed by atoms with Gasteiger partial charge in [0, 0.05) is 12.6 Å². The molecule has 1 aliphatic heterocycles. The van der Waals surface area contributed by atoms with E-state index < -0.39 is 21.3 Å². The maximum absolute atomic E-state index is 11.6. The van der Waals surface area contributed by atoms with Gasteiger partial charge in [0.25, 0.3) is 0 Å². The van der Waals surface area contributed by atoms with Gasteiger partial charge in [0.15, 0.2) is 9.84 Å². The molecule has 0 aromatic heterocycles. The molecule has 1 saturated heterocycles. The van der Waals surface area contributed by atoms with Crippen molar-refractivity contribution in [1.82, 2.24) is 10.2 Å². The first-order chi connectivity index (χ1) is 9.20. The third-order valence-corrected chi connectivity index (χ3v) is 5.67. The van der Waals surface area contributed by atoms with E-state index >= 15 is 0 Å². The summed E-state index contributed by atoms with van der Waals surface area (Å²) in [7, 11) is -2.93. The quantitative estimate of drug-likeness (QED) is 0.736. The first-order valence-electron chi connectivity index (χ1n) is 7.13. The summed E-state index contributed by atoms with van der Waals surface area (Å²) in [4.78, 5) is 13.5. The minimum atomic E-state index is -2.93. The topological polar surface area (TPSA) is 86.7 Å². The number of sulfone groups is 1. The van der Waals surface area contributed by atoms with Crippen molar-refractivity contribution in [3.05, 3.63) is 0 Å². The number of rotatable bonds is 6. The van der Waals surface area contributed by atoms with Crippen molar-refractivity contribution in [3.63, 3.8) is 0 Å². The summed E-state index contributed by atoms with van der Waals surface area (Å²) in [5.74, 6) is -0.462. The van der Waals surface area contributed by atoms with Gasteiger partial charge >= 0.3 is 5.97 Å². The fraction of sp³-hybridized carbons (Fsp3) is 0.923. The highest BCUT2D eigenvalue weighted by Gasteiger charge is 2.35. The van der Waals surface area contributed by atoms with Gasteiger partial charge in [-0.05, 0) is 39.8 Å². The molecule has 2 N–H and O–H groups in total. The van der Waals surface area contributed by atoms with E-state index in [-0.39, 0.29) is 17.5 Å². The Hall–Kier alpha value is -0.660. The second kappa shape index (κ2) is 6.87. The number of nitrogens with zero attached hydrogens (tertiary/aromatic N) is 1. The second-order valence-corrected chi connectivity index (χ2v) is 8.07. The molecule has 0 spiro atoms. The molecular weight excluding hydrogens is 280 g/mol. The Morgan fingerprint density at radius 3 is 2.60 bits per heavy atom. The van der Waals surface area contributed by atoms with Crippen LogP contribution in [0.25, 0.3) is 0 Å². The Morgan fingerprint density at radius 1 is 1.40 bits per heavy atom. The van der Waals surface area contributed by atoms with Gasteiger partial charge in [0.2, 0.25) is 0 Å². The van der Waals surface area contributed by atoms with E-state index in [1.807, 2.05) is 13.8 Å². The van der Waals surface area contributed by atoms with Crippen LogP contribution in [0.3, 0.4) is 0 Å². The van der Waals surface area contributed by atoms with E-state index in [1.54, 1.807) is 6.92 Å². The predicted octanol–water partition coefficient (Wildman–Crippen LogP) is 0.338. The highest BCUT2D eigenvalue weighted by Crippen LogP contribution is 2.19. The molecule has 0 aliphatic carbocycles. The van der Waals surface area contributed by atoms with Crippen LogP contribution in [0, 0.1) is 0 Å². The minimum Gasteiger partial charge on any atom is -0.480 e. The zero-order valence-corrected chi connectivity index (χ0v) is 13.4.